The molecule has 23 heavy (non-hydrogen) atoms. The number of hydrogen-bond donors (Lipinski definition) is 2. The first-order valence-corrected chi connectivity index (χ1v) is 7.73. The van der Waals surface area contributed by atoms with Gasteiger partial charge in [0.1, 0.15) is 11.3 Å². The van der Waals surface area contributed by atoms with Gasteiger partial charge in [-0.15, -0.1) is 0 Å². The van der Waals surface area contributed by atoms with Gasteiger partial charge in [-0.3, -0.25) is 9.59 Å². The Morgan fingerprint density at radius 1 is 1.26 bits per heavy atom. The molecule has 126 valence electrons. The number of carbonyl (C=O) groups excluding carboxylic acids is 2. The van der Waals surface area contributed by atoms with Crippen molar-refractivity contribution in [2.75, 3.05) is 13.1 Å². The lowest BCUT2D eigenvalue weighted by Crippen LogP contribution is -2.48. The molecule has 0 bridgehead atoms. The molecule has 1 aliphatic heterocycles. The zero-order valence-corrected chi connectivity index (χ0v) is 13.7. The van der Waals surface area contributed by atoms with Gasteiger partial charge < -0.3 is 19.9 Å². The SMILES string of the molecule is CC(C)(C)OC(=O)N1CCC(NC(=O)c2cccc(=O)[nH]2)CC1. The van der Waals surface area contributed by atoms with Gasteiger partial charge in [0.15, 0.2) is 0 Å². The van der Waals surface area contributed by atoms with Gasteiger partial charge in [-0.1, -0.05) is 6.07 Å². The average Bonchev–Trinajstić information content (AvgIpc) is 2.46. The summed E-state index contributed by atoms with van der Waals surface area (Å²) in [6.07, 6.45) is 0.985. The fraction of sp³-hybridized carbons (Fsp3) is 0.562. The van der Waals surface area contributed by atoms with Gasteiger partial charge in [-0.05, 0) is 39.7 Å². The Morgan fingerprint density at radius 3 is 2.48 bits per heavy atom. The van der Waals surface area contributed by atoms with Crippen LogP contribution >= 0.6 is 0 Å². The van der Waals surface area contributed by atoms with Crippen molar-refractivity contribution < 1.29 is 14.3 Å². The van der Waals surface area contributed by atoms with Crippen LogP contribution in [0.1, 0.15) is 44.1 Å². The molecular weight excluding hydrogens is 298 g/mol. The molecule has 1 aromatic rings. The van der Waals surface area contributed by atoms with Crippen molar-refractivity contribution in [1.29, 1.82) is 0 Å². The van der Waals surface area contributed by atoms with E-state index in [-0.39, 0.29) is 29.3 Å². The van der Waals surface area contributed by atoms with Crippen molar-refractivity contribution >= 4 is 12.0 Å². The summed E-state index contributed by atoms with van der Waals surface area (Å²) in [6.45, 7) is 6.56. The summed E-state index contributed by atoms with van der Waals surface area (Å²) in [7, 11) is 0. The number of amides is 2. The highest BCUT2D eigenvalue weighted by molar-refractivity contribution is 5.92. The number of aromatic nitrogens is 1. The summed E-state index contributed by atoms with van der Waals surface area (Å²) in [4.78, 5) is 39.4. The predicted molar refractivity (Wildman–Crippen MR) is 85.4 cm³/mol. The van der Waals surface area contributed by atoms with Crippen LogP contribution in [0.15, 0.2) is 23.0 Å². The highest BCUT2D eigenvalue weighted by atomic mass is 16.6. The number of ether oxygens (including phenoxy) is 1. The van der Waals surface area contributed by atoms with Gasteiger partial charge in [-0.25, -0.2) is 4.79 Å². The number of pyridine rings is 1. The molecule has 0 saturated carbocycles. The molecule has 1 saturated heterocycles. The van der Waals surface area contributed by atoms with E-state index in [2.05, 4.69) is 10.3 Å². The smallest absolute Gasteiger partial charge is 0.410 e. The zero-order chi connectivity index (χ0) is 17.0. The number of nitrogens with one attached hydrogen (secondary N) is 2. The second-order valence-electron chi connectivity index (χ2n) is 6.64. The summed E-state index contributed by atoms with van der Waals surface area (Å²) in [6, 6.07) is 4.44. The monoisotopic (exact) mass is 321 g/mol. The maximum absolute atomic E-state index is 12.1. The van der Waals surface area contributed by atoms with Gasteiger partial charge >= 0.3 is 6.09 Å². The first-order chi connectivity index (χ1) is 10.7. The minimum atomic E-state index is -0.513. The highest BCUT2D eigenvalue weighted by Gasteiger charge is 2.27. The highest BCUT2D eigenvalue weighted by Crippen LogP contribution is 2.15. The fourth-order valence-electron chi connectivity index (χ4n) is 2.38. The lowest BCUT2D eigenvalue weighted by molar-refractivity contribution is 0.0199. The zero-order valence-electron chi connectivity index (χ0n) is 13.7. The molecule has 1 aromatic heterocycles. The first-order valence-electron chi connectivity index (χ1n) is 7.73. The van der Waals surface area contributed by atoms with Crippen LogP contribution in [0.5, 0.6) is 0 Å². The maximum Gasteiger partial charge on any atom is 0.410 e. The third kappa shape index (κ3) is 5.12. The van der Waals surface area contributed by atoms with Crippen molar-refractivity contribution in [2.45, 2.75) is 45.3 Å². The van der Waals surface area contributed by atoms with E-state index in [4.69, 9.17) is 4.74 Å². The molecule has 0 aromatic carbocycles. The largest absolute Gasteiger partial charge is 0.444 e. The molecule has 2 amide bonds. The minimum absolute atomic E-state index is 0.0232. The summed E-state index contributed by atoms with van der Waals surface area (Å²) in [5.74, 6) is -0.307. The second kappa shape index (κ2) is 6.85. The number of rotatable bonds is 2. The average molecular weight is 321 g/mol. The molecular formula is C16H23N3O4. The third-order valence-electron chi connectivity index (χ3n) is 3.49. The number of likely N-dealkylation sites (tertiary alicyclic amines) is 1. The number of nitrogens with zero attached hydrogens (tertiary/aromatic N) is 1. The standard InChI is InChI=1S/C16H23N3O4/c1-16(2,3)23-15(22)19-9-7-11(8-10-19)17-14(21)12-5-4-6-13(20)18-12/h4-6,11H,7-10H2,1-3H3,(H,17,21)(H,18,20). The number of aromatic amines is 1. The lowest BCUT2D eigenvalue weighted by Gasteiger charge is -2.33. The van der Waals surface area contributed by atoms with Crippen LogP contribution in [0.3, 0.4) is 0 Å². The lowest BCUT2D eigenvalue weighted by atomic mass is 10.1. The maximum atomic E-state index is 12.1. The molecule has 2 rings (SSSR count). The van der Waals surface area contributed by atoms with Gasteiger partial charge in [-0.2, -0.15) is 0 Å². The Hall–Kier alpha value is -2.31. The molecule has 7 heteroatoms. The Labute approximate surface area is 135 Å². The van der Waals surface area contributed by atoms with Gasteiger partial charge in [0.2, 0.25) is 5.56 Å². The number of carbonyl (C=O) groups is 2. The quantitative estimate of drug-likeness (QED) is 0.863. The molecule has 0 radical (unpaired) electrons. The van der Waals surface area contributed by atoms with E-state index in [9.17, 15) is 14.4 Å². The Kier molecular flexibility index (Phi) is 5.08. The number of H-pyrrole nitrogens is 1. The van der Waals surface area contributed by atoms with Crippen molar-refractivity contribution in [3.8, 4) is 0 Å². The molecule has 7 nitrogen and oxygen atoms in total. The van der Waals surface area contributed by atoms with Crippen LogP contribution < -0.4 is 10.9 Å². The van der Waals surface area contributed by atoms with E-state index in [1.165, 1.54) is 6.07 Å². The van der Waals surface area contributed by atoms with Crippen LogP contribution in [0.4, 0.5) is 4.79 Å². The topological polar surface area (TPSA) is 91.5 Å². The van der Waals surface area contributed by atoms with E-state index in [0.717, 1.165) is 0 Å². The summed E-state index contributed by atoms with van der Waals surface area (Å²) >= 11 is 0. The van der Waals surface area contributed by atoms with Gasteiger partial charge in [0.25, 0.3) is 5.91 Å². The van der Waals surface area contributed by atoms with Crippen LogP contribution in [-0.4, -0.2) is 46.6 Å². The molecule has 1 fully saturated rings. The van der Waals surface area contributed by atoms with Crippen LogP contribution in [-0.2, 0) is 4.74 Å². The van der Waals surface area contributed by atoms with E-state index in [1.807, 2.05) is 20.8 Å². The van der Waals surface area contributed by atoms with E-state index >= 15 is 0 Å². The number of piperidine rings is 1. The predicted octanol–water partition coefficient (Wildman–Crippen LogP) is 1.50. The second-order valence-corrected chi connectivity index (χ2v) is 6.64. The van der Waals surface area contributed by atoms with Gasteiger partial charge in [0.05, 0.1) is 0 Å². The van der Waals surface area contributed by atoms with Crippen molar-refractivity contribution in [3.05, 3.63) is 34.2 Å². The molecule has 0 atom stereocenters. The Morgan fingerprint density at radius 2 is 1.91 bits per heavy atom. The van der Waals surface area contributed by atoms with Crippen LogP contribution in [0.25, 0.3) is 0 Å². The third-order valence-corrected chi connectivity index (χ3v) is 3.49. The summed E-state index contributed by atoms with van der Waals surface area (Å²) in [5.41, 5.74) is -0.578. The Bertz CT molecular complexity index is 625. The molecule has 0 aliphatic carbocycles. The van der Waals surface area contributed by atoms with Crippen molar-refractivity contribution in [1.82, 2.24) is 15.2 Å². The van der Waals surface area contributed by atoms with Crippen LogP contribution in [0.2, 0.25) is 0 Å². The molecule has 2 heterocycles. The normalized spacial score (nSPS) is 16.0. The molecule has 0 spiro atoms. The van der Waals surface area contributed by atoms with Crippen LogP contribution in [0, 0.1) is 0 Å². The first kappa shape index (κ1) is 17.1. The van der Waals surface area contributed by atoms with Crippen molar-refractivity contribution in [3.63, 3.8) is 0 Å². The fourth-order valence-corrected chi connectivity index (χ4v) is 2.38. The van der Waals surface area contributed by atoms with E-state index in [1.54, 1.807) is 17.0 Å². The van der Waals surface area contributed by atoms with E-state index < -0.39 is 5.60 Å². The van der Waals surface area contributed by atoms with E-state index in [0.29, 0.717) is 25.9 Å². The summed E-state index contributed by atoms with van der Waals surface area (Å²) in [5, 5.41) is 2.88. The van der Waals surface area contributed by atoms with Gasteiger partial charge in [0, 0.05) is 25.2 Å². The molecule has 2 N–H and O–H groups in total. The molecule has 0 unspecified atom stereocenters. The van der Waals surface area contributed by atoms with Crippen molar-refractivity contribution in [2.24, 2.45) is 0 Å². The molecule has 1 aliphatic rings. The minimum Gasteiger partial charge on any atom is -0.444 e. The Balaban J connectivity index is 1.84. The summed E-state index contributed by atoms with van der Waals surface area (Å²) < 4.78 is 5.34. The number of hydrogen-bond acceptors (Lipinski definition) is 4.